The second kappa shape index (κ2) is 7.38. The van der Waals surface area contributed by atoms with Gasteiger partial charge in [0.2, 0.25) is 10.0 Å². The van der Waals surface area contributed by atoms with Crippen LogP contribution in [0.1, 0.15) is 37.3 Å². The van der Waals surface area contributed by atoms with Crippen LogP contribution in [0.25, 0.3) is 0 Å². The minimum absolute atomic E-state index is 0.112. The van der Waals surface area contributed by atoms with Crippen molar-refractivity contribution in [3.05, 3.63) is 35.4 Å². The molecule has 0 aromatic heterocycles. The van der Waals surface area contributed by atoms with E-state index < -0.39 is 10.0 Å². The highest BCUT2D eigenvalue weighted by Crippen LogP contribution is 2.23. The summed E-state index contributed by atoms with van der Waals surface area (Å²) in [4.78, 5) is 0. The highest BCUT2D eigenvalue weighted by atomic mass is 32.2. The quantitative estimate of drug-likeness (QED) is 0.877. The second-order valence-electron chi connectivity index (χ2n) is 5.88. The number of hydrogen-bond donors (Lipinski definition) is 1. The first-order valence-electron chi connectivity index (χ1n) is 7.75. The molecule has 5 heteroatoms. The maximum absolute atomic E-state index is 12.6. The molecule has 0 spiro atoms. The van der Waals surface area contributed by atoms with Gasteiger partial charge in [0.25, 0.3) is 0 Å². The Morgan fingerprint density at radius 1 is 1.33 bits per heavy atom. The maximum Gasteiger partial charge on any atom is 0.218 e. The summed E-state index contributed by atoms with van der Waals surface area (Å²) in [5.41, 5.74) is 2.00. The van der Waals surface area contributed by atoms with Crippen molar-refractivity contribution in [1.29, 1.82) is 0 Å². The topological polar surface area (TPSA) is 49.4 Å². The normalized spacial score (nSPS) is 20.6. The minimum atomic E-state index is -3.20. The molecule has 0 amide bonds. The summed E-state index contributed by atoms with van der Waals surface area (Å²) in [6, 6.07) is 7.83. The van der Waals surface area contributed by atoms with Crippen LogP contribution in [0.15, 0.2) is 24.3 Å². The van der Waals surface area contributed by atoms with Crippen molar-refractivity contribution in [2.45, 2.75) is 38.5 Å². The fourth-order valence-corrected chi connectivity index (χ4v) is 4.58. The van der Waals surface area contributed by atoms with Crippen molar-refractivity contribution < 1.29 is 8.42 Å². The number of sulfonamides is 1. The average molecular weight is 310 g/mol. The summed E-state index contributed by atoms with van der Waals surface area (Å²) >= 11 is 0. The first kappa shape index (κ1) is 16.5. The fraction of sp³-hybridized carbons (Fsp3) is 0.625. The SMILES string of the molecule is CCC1CCCN(S(=O)(=O)Cc2cccc(CNC)c2)C1. The van der Waals surface area contributed by atoms with Crippen molar-refractivity contribution in [2.24, 2.45) is 5.92 Å². The predicted molar refractivity (Wildman–Crippen MR) is 86.4 cm³/mol. The Morgan fingerprint density at radius 3 is 2.81 bits per heavy atom. The molecule has 21 heavy (non-hydrogen) atoms. The summed E-state index contributed by atoms with van der Waals surface area (Å²) in [6.07, 6.45) is 3.20. The molecule has 1 N–H and O–H groups in total. The molecule has 1 heterocycles. The molecule has 1 aliphatic rings. The van der Waals surface area contributed by atoms with Gasteiger partial charge in [-0.3, -0.25) is 0 Å². The Hall–Kier alpha value is -0.910. The number of nitrogens with one attached hydrogen (secondary N) is 1. The van der Waals surface area contributed by atoms with E-state index >= 15 is 0 Å². The third kappa shape index (κ3) is 4.53. The Morgan fingerprint density at radius 2 is 2.10 bits per heavy atom. The van der Waals surface area contributed by atoms with Crippen molar-refractivity contribution in [3.8, 4) is 0 Å². The molecule has 0 radical (unpaired) electrons. The van der Waals surface area contributed by atoms with Crippen LogP contribution >= 0.6 is 0 Å². The van der Waals surface area contributed by atoms with Crippen LogP contribution in [0.5, 0.6) is 0 Å². The van der Waals surface area contributed by atoms with E-state index in [9.17, 15) is 8.42 Å². The zero-order valence-electron chi connectivity index (χ0n) is 13.0. The van der Waals surface area contributed by atoms with Crippen LogP contribution in [-0.4, -0.2) is 32.9 Å². The van der Waals surface area contributed by atoms with Crippen LogP contribution in [0.3, 0.4) is 0 Å². The van der Waals surface area contributed by atoms with Gasteiger partial charge in [-0.1, -0.05) is 37.6 Å². The highest BCUT2D eigenvalue weighted by molar-refractivity contribution is 7.88. The number of benzene rings is 1. The fourth-order valence-electron chi connectivity index (χ4n) is 2.95. The predicted octanol–water partition coefficient (Wildman–Crippen LogP) is 2.36. The molecule has 1 saturated heterocycles. The van der Waals surface area contributed by atoms with E-state index in [0.717, 1.165) is 36.9 Å². The van der Waals surface area contributed by atoms with Gasteiger partial charge in [0.15, 0.2) is 0 Å². The minimum Gasteiger partial charge on any atom is -0.316 e. The summed E-state index contributed by atoms with van der Waals surface area (Å²) in [7, 11) is -1.31. The Balaban J connectivity index is 2.08. The maximum atomic E-state index is 12.6. The molecule has 4 nitrogen and oxygen atoms in total. The zero-order chi connectivity index (χ0) is 15.3. The molecule has 0 bridgehead atoms. The molecule has 2 rings (SSSR count). The van der Waals surface area contributed by atoms with Crippen molar-refractivity contribution in [2.75, 3.05) is 20.1 Å². The van der Waals surface area contributed by atoms with Crippen molar-refractivity contribution in [1.82, 2.24) is 9.62 Å². The van der Waals surface area contributed by atoms with Crippen LogP contribution in [0.4, 0.5) is 0 Å². The largest absolute Gasteiger partial charge is 0.316 e. The van der Waals surface area contributed by atoms with E-state index in [1.807, 2.05) is 31.3 Å². The summed E-state index contributed by atoms with van der Waals surface area (Å²) < 4.78 is 26.9. The molecule has 1 aromatic rings. The van der Waals surface area contributed by atoms with E-state index in [0.29, 0.717) is 19.0 Å². The van der Waals surface area contributed by atoms with E-state index in [2.05, 4.69) is 12.2 Å². The Labute approximate surface area is 128 Å². The number of nitrogens with zero attached hydrogens (tertiary/aromatic N) is 1. The summed E-state index contributed by atoms with van der Waals surface area (Å²) in [5.74, 6) is 0.630. The first-order valence-corrected chi connectivity index (χ1v) is 9.36. The van der Waals surface area contributed by atoms with Crippen LogP contribution in [0.2, 0.25) is 0 Å². The summed E-state index contributed by atoms with van der Waals surface area (Å²) in [6.45, 7) is 4.27. The van der Waals surface area contributed by atoms with Gasteiger partial charge in [-0.15, -0.1) is 0 Å². The van der Waals surface area contributed by atoms with Crippen LogP contribution < -0.4 is 5.32 Å². The van der Waals surface area contributed by atoms with Gasteiger partial charge in [-0.2, -0.15) is 0 Å². The van der Waals surface area contributed by atoms with Crippen LogP contribution in [0, 0.1) is 5.92 Å². The molecule has 1 atom stereocenters. The zero-order valence-corrected chi connectivity index (χ0v) is 13.8. The third-order valence-electron chi connectivity index (χ3n) is 4.17. The monoisotopic (exact) mass is 310 g/mol. The lowest BCUT2D eigenvalue weighted by atomic mass is 9.97. The van der Waals surface area contributed by atoms with Gasteiger partial charge >= 0.3 is 0 Å². The molecule has 1 aromatic carbocycles. The molecule has 0 aliphatic carbocycles. The number of hydrogen-bond acceptors (Lipinski definition) is 3. The molecular formula is C16H26N2O2S. The highest BCUT2D eigenvalue weighted by Gasteiger charge is 2.28. The molecule has 1 aliphatic heterocycles. The Kier molecular flexibility index (Phi) is 5.79. The van der Waals surface area contributed by atoms with E-state index in [1.54, 1.807) is 4.31 Å². The lowest BCUT2D eigenvalue weighted by Gasteiger charge is -2.31. The lowest BCUT2D eigenvalue weighted by molar-refractivity contribution is 0.261. The smallest absolute Gasteiger partial charge is 0.218 e. The molecule has 1 unspecified atom stereocenters. The van der Waals surface area contributed by atoms with Gasteiger partial charge < -0.3 is 5.32 Å². The van der Waals surface area contributed by atoms with E-state index in [-0.39, 0.29) is 5.75 Å². The van der Waals surface area contributed by atoms with Crippen molar-refractivity contribution in [3.63, 3.8) is 0 Å². The van der Waals surface area contributed by atoms with Gasteiger partial charge in [0.05, 0.1) is 5.75 Å². The van der Waals surface area contributed by atoms with E-state index in [4.69, 9.17) is 0 Å². The van der Waals surface area contributed by atoms with Gasteiger partial charge in [0, 0.05) is 19.6 Å². The van der Waals surface area contributed by atoms with E-state index in [1.165, 1.54) is 0 Å². The number of piperidine rings is 1. The molecule has 118 valence electrons. The molecule has 1 fully saturated rings. The number of rotatable bonds is 6. The molecule has 0 saturated carbocycles. The third-order valence-corrected chi connectivity index (χ3v) is 5.99. The standard InChI is InChI=1S/C16H26N2O2S/c1-3-14-8-5-9-18(12-14)21(19,20)13-16-7-4-6-15(10-16)11-17-2/h4,6-7,10,14,17H,3,5,8-9,11-13H2,1-2H3. The second-order valence-corrected chi connectivity index (χ2v) is 7.85. The van der Waals surface area contributed by atoms with Gasteiger partial charge in [0.1, 0.15) is 0 Å². The Bertz CT molecular complexity index is 557. The van der Waals surface area contributed by atoms with Crippen LogP contribution in [-0.2, 0) is 22.3 Å². The van der Waals surface area contributed by atoms with Gasteiger partial charge in [-0.25, -0.2) is 12.7 Å². The van der Waals surface area contributed by atoms with Gasteiger partial charge in [-0.05, 0) is 36.9 Å². The molecular weight excluding hydrogens is 284 g/mol. The van der Waals surface area contributed by atoms with Crippen molar-refractivity contribution >= 4 is 10.0 Å². The lowest BCUT2D eigenvalue weighted by Crippen LogP contribution is -2.40. The average Bonchev–Trinajstić information content (AvgIpc) is 2.47. The first-order chi connectivity index (χ1) is 10.0. The summed E-state index contributed by atoms with van der Waals surface area (Å²) in [5, 5.41) is 3.09.